The fourth-order valence-corrected chi connectivity index (χ4v) is 3.58. The van der Waals surface area contributed by atoms with Gasteiger partial charge < -0.3 is 5.32 Å². The van der Waals surface area contributed by atoms with Crippen LogP contribution in [0, 0.1) is 5.92 Å². The standard InChI is InChI=1S/C17H35N3/c1-17(2,3)20-13-11-19(12-14-20)10-9-18-15-16-7-5-4-6-8-16/h16,18H,4-15H2,1-3H3. The van der Waals surface area contributed by atoms with E-state index in [9.17, 15) is 0 Å². The van der Waals surface area contributed by atoms with Crippen LogP contribution in [0.4, 0.5) is 0 Å². The molecule has 0 bridgehead atoms. The van der Waals surface area contributed by atoms with E-state index in [-0.39, 0.29) is 0 Å². The third-order valence-corrected chi connectivity index (χ3v) is 5.08. The van der Waals surface area contributed by atoms with Gasteiger partial charge in [0.15, 0.2) is 0 Å². The topological polar surface area (TPSA) is 18.5 Å². The van der Waals surface area contributed by atoms with Gasteiger partial charge in [-0.1, -0.05) is 19.3 Å². The lowest BCUT2D eigenvalue weighted by molar-refractivity contribution is 0.0627. The fraction of sp³-hybridized carbons (Fsp3) is 1.00. The fourth-order valence-electron chi connectivity index (χ4n) is 3.58. The van der Waals surface area contributed by atoms with Gasteiger partial charge >= 0.3 is 0 Å². The van der Waals surface area contributed by atoms with Crippen molar-refractivity contribution in [2.24, 2.45) is 5.92 Å². The number of nitrogens with zero attached hydrogens (tertiary/aromatic N) is 2. The third-order valence-electron chi connectivity index (χ3n) is 5.08. The van der Waals surface area contributed by atoms with Crippen molar-refractivity contribution in [2.75, 3.05) is 45.8 Å². The van der Waals surface area contributed by atoms with Crippen LogP contribution in [0.3, 0.4) is 0 Å². The SMILES string of the molecule is CC(C)(C)N1CCN(CCNCC2CCCCC2)CC1. The van der Waals surface area contributed by atoms with E-state index in [0.29, 0.717) is 5.54 Å². The molecule has 1 saturated carbocycles. The first-order valence-electron chi connectivity index (χ1n) is 8.74. The van der Waals surface area contributed by atoms with Crippen LogP contribution in [-0.2, 0) is 0 Å². The van der Waals surface area contributed by atoms with Crippen LogP contribution in [0.2, 0.25) is 0 Å². The Morgan fingerprint density at radius 1 is 0.950 bits per heavy atom. The van der Waals surface area contributed by atoms with E-state index < -0.39 is 0 Å². The highest BCUT2D eigenvalue weighted by molar-refractivity contribution is 4.82. The van der Waals surface area contributed by atoms with Crippen molar-refractivity contribution in [3.8, 4) is 0 Å². The first-order valence-corrected chi connectivity index (χ1v) is 8.74. The van der Waals surface area contributed by atoms with Gasteiger partial charge in [-0.3, -0.25) is 9.80 Å². The molecule has 1 aliphatic carbocycles. The van der Waals surface area contributed by atoms with Crippen LogP contribution in [0.25, 0.3) is 0 Å². The van der Waals surface area contributed by atoms with Gasteiger partial charge in [0.2, 0.25) is 0 Å². The summed E-state index contributed by atoms with van der Waals surface area (Å²) in [7, 11) is 0. The second-order valence-electron chi connectivity index (χ2n) is 7.71. The maximum absolute atomic E-state index is 3.69. The molecule has 0 spiro atoms. The summed E-state index contributed by atoms with van der Waals surface area (Å²) in [6.07, 6.45) is 7.30. The molecule has 1 N–H and O–H groups in total. The van der Waals surface area contributed by atoms with E-state index in [4.69, 9.17) is 0 Å². The Morgan fingerprint density at radius 2 is 1.60 bits per heavy atom. The Hall–Kier alpha value is -0.120. The van der Waals surface area contributed by atoms with E-state index >= 15 is 0 Å². The maximum Gasteiger partial charge on any atom is 0.0126 e. The predicted octanol–water partition coefficient (Wildman–Crippen LogP) is 2.57. The van der Waals surface area contributed by atoms with Crippen molar-refractivity contribution in [1.82, 2.24) is 15.1 Å². The van der Waals surface area contributed by atoms with Crippen LogP contribution in [0.1, 0.15) is 52.9 Å². The average molecular weight is 281 g/mol. The summed E-state index contributed by atoms with van der Waals surface area (Å²) in [5.74, 6) is 0.960. The summed E-state index contributed by atoms with van der Waals surface area (Å²) in [6.45, 7) is 15.6. The molecule has 1 aliphatic heterocycles. The molecule has 0 aromatic carbocycles. The second kappa shape index (κ2) is 7.77. The summed E-state index contributed by atoms with van der Waals surface area (Å²) in [5, 5.41) is 3.69. The zero-order valence-electron chi connectivity index (χ0n) is 14.0. The molecule has 2 aliphatic rings. The molecule has 1 saturated heterocycles. The molecule has 0 unspecified atom stereocenters. The Bertz CT molecular complexity index is 258. The average Bonchev–Trinajstić information content (AvgIpc) is 2.44. The Kier molecular flexibility index (Phi) is 6.31. The summed E-state index contributed by atoms with van der Waals surface area (Å²) in [5.41, 5.74) is 0.339. The smallest absolute Gasteiger partial charge is 0.0126 e. The van der Waals surface area contributed by atoms with Crippen LogP contribution >= 0.6 is 0 Å². The lowest BCUT2D eigenvalue weighted by Gasteiger charge is -2.42. The van der Waals surface area contributed by atoms with Crippen LogP contribution < -0.4 is 5.32 Å². The summed E-state index contributed by atoms with van der Waals surface area (Å²) in [6, 6.07) is 0. The molecule has 0 radical (unpaired) electrons. The minimum Gasteiger partial charge on any atom is -0.315 e. The summed E-state index contributed by atoms with van der Waals surface area (Å²) < 4.78 is 0. The number of nitrogens with one attached hydrogen (secondary N) is 1. The molecule has 2 rings (SSSR count). The maximum atomic E-state index is 3.69. The minimum atomic E-state index is 0.339. The molecule has 3 heteroatoms. The lowest BCUT2D eigenvalue weighted by Crippen LogP contribution is -2.54. The van der Waals surface area contributed by atoms with E-state index in [1.54, 1.807) is 0 Å². The van der Waals surface area contributed by atoms with Crippen molar-refractivity contribution >= 4 is 0 Å². The molecule has 118 valence electrons. The molecule has 3 nitrogen and oxygen atoms in total. The first kappa shape index (κ1) is 16.3. The highest BCUT2D eigenvalue weighted by Crippen LogP contribution is 2.22. The largest absolute Gasteiger partial charge is 0.315 e. The van der Waals surface area contributed by atoms with Crippen molar-refractivity contribution in [3.05, 3.63) is 0 Å². The number of hydrogen-bond donors (Lipinski definition) is 1. The van der Waals surface area contributed by atoms with Gasteiger partial charge in [-0.05, 0) is 46.1 Å². The van der Waals surface area contributed by atoms with Gasteiger partial charge in [-0.25, -0.2) is 0 Å². The van der Waals surface area contributed by atoms with Crippen molar-refractivity contribution < 1.29 is 0 Å². The molecule has 1 heterocycles. The number of hydrogen-bond acceptors (Lipinski definition) is 3. The second-order valence-corrected chi connectivity index (χ2v) is 7.71. The molecule has 0 aromatic heterocycles. The van der Waals surface area contributed by atoms with E-state index in [1.807, 2.05) is 0 Å². The molecule has 0 atom stereocenters. The lowest BCUT2D eigenvalue weighted by atomic mass is 9.89. The van der Waals surface area contributed by atoms with Gasteiger partial charge in [0.05, 0.1) is 0 Å². The monoisotopic (exact) mass is 281 g/mol. The van der Waals surface area contributed by atoms with Crippen molar-refractivity contribution in [2.45, 2.75) is 58.4 Å². The Morgan fingerprint density at radius 3 is 2.20 bits per heavy atom. The Balaban J connectivity index is 1.53. The highest BCUT2D eigenvalue weighted by Gasteiger charge is 2.25. The van der Waals surface area contributed by atoms with Crippen molar-refractivity contribution in [1.29, 1.82) is 0 Å². The zero-order valence-corrected chi connectivity index (χ0v) is 14.0. The zero-order chi connectivity index (χ0) is 14.4. The molecule has 0 amide bonds. The van der Waals surface area contributed by atoms with Gasteiger partial charge in [0.1, 0.15) is 0 Å². The van der Waals surface area contributed by atoms with Gasteiger partial charge in [-0.15, -0.1) is 0 Å². The van der Waals surface area contributed by atoms with Gasteiger partial charge in [0, 0.05) is 44.8 Å². The van der Waals surface area contributed by atoms with E-state index in [1.165, 1.54) is 77.9 Å². The van der Waals surface area contributed by atoms with Crippen LogP contribution in [0.5, 0.6) is 0 Å². The van der Waals surface area contributed by atoms with Crippen molar-refractivity contribution in [3.63, 3.8) is 0 Å². The minimum absolute atomic E-state index is 0.339. The quantitative estimate of drug-likeness (QED) is 0.782. The third kappa shape index (κ3) is 5.34. The van der Waals surface area contributed by atoms with Crippen LogP contribution in [-0.4, -0.2) is 61.2 Å². The van der Waals surface area contributed by atoms with Crippen LogP contribution in [0.15, 0.2) is 0 Å². The molecule has 2 fully saturated rings. The van der Waals surface area contributed by atoms with E-state index in [2.05, 4.69) is 35.9 Å². The van der Waals surface area contributed by atoms with Gasteiger partial charge in [-0.2, -0.15) is 0 Å². The molecule has 20 heavy (non-hydrogen) atoms. The Labute approximate surface area is 126 Å². The first-order chi connectivity index (χ1) is 9.55. The highest BCUT2D eigenvalue weighted by atomic mass is 15.3. The molecular weight excluding hydrogens is 246 g/mol. The summed E-state index contributed by atoms with van der Waals surface area (Å²) >= 11 is 0. The number of rotatable bonds is 5. The van der Waals surface area contributed by atoms with E-state index in [0.717, 1.165) is 5.92 Å². The van der Waals surface area contributed by atoms with Gasteiger partial charge in [0.25, 0.3) is 0 Å². The molecule has 0 aromatic rings. The normalized spacial score (nSPS) is 24.1. The summed E-state index contributed by atoms with van der Waals surface area (Å²) in [4.78, 5) is 5.23. The molecular formula is C17H35N3. The predicted molar refractivity (Wildman–Crippen MR) is 87.2 cm³/mol. The number of piperazine rings is 1.